The fraction of sp³-hybridized carbons (Fsp3) is 0.190. The lowest BCUT2D eigenvalue weighted by Crippen LogP contribution is -2.36. The van der Waals surface area contributed by atoms with E-state index in [1.807, 2.05) is 0 Å². The first-order chi connectivity index (χ1) is 15.4. The highest BCUT2D eigenvalue weighted by Crippen LogP contribution is 2.25. The number of ether oxygens (including phenoxy) is 1. The van der Waals surface area contributed by atoms with E-state index in [1.165, 1.54) is 41.5 Å². The molecule has 0 atom stereocenters. The normalized spacial score (nSPS) is 10.6. The second-order valence-corrected chi connectivity index (χ2v) is 8.29. The van der Waals surface area contributed by atoms with Crippen LogP contribution in [0.2, 0.25) is 10.0 Å². The van der Waals surface area contributed by atoms with E-state index < -0.39 is 17.8 Å². The predicted molar refractivity (Wildman–Crippen MR) is 124 cm³/mol. The number of rotatable bonds is 8. The van der Waals surface area contributed by atoms with Gasteiger partial charge in [-0.05, 0) is 30.3 Å². The maximum absolute atomic E-state index is 13.8. The minimum atomic E-state index is -0.541. The quantitative estimate of drug-likeness (QED) is 0.429. The van der Waals surface area contributed by atoms with Crippen molar-refractivity contribution in [1.29, 1.82) is 0 Å². The van der Waals surface area contributed by atoms with Gasteiger partial charge in [-0.3, -0.25) is 4.79 Å². The SMILES string of the molecule is COCCN(Cc1nc(C(=O)Nc2ccccc2F)cs1)C(=O)Nc1ccc(Cl)c(Cl)c1. The van der Waals surface area contributed by atoms with Crippen molar-refractivity contribution in [2.45, 2.75) is 6.54 Å². The van der Waals surface area contributed by atoms with Crippen LogP contribution in [0.5, 0.6) is 0 Å². The Morgan fingerprint density at radius 1 is 1.16 bits per heavy atom. The molecule has 7 nitrogen and oxygen atoms in total. The first-order valence-corrected chi connectivity index (χ1v) is 11.0. The smallest absolute Gasteiger partial charge is 0.322 e. The van der Waals surface area contributed by atoms with E-state index in [4.69, 9.17) is 27.9 Å². The van der Waals surface area contributed by atoms with Crippen molar-refractivity contribution in [3.8, 4) is 0 Å². The average Bonchev–Trinajstić information content (AvgIpc) is 3.24. The second-order valence-electron chi connectivity index (χ2n) is 6.53. The summed E-state index contributed by atoms with van der Waals surface area (Å²) in [5.74, 6) is -1.08. The summed E-state index contributed by atoms with van der Waals surface area (Å²) in [5, 5.41) is 8.02. The number of para-hydroxylation sites is 1. The summed E-state index contributed by atoms with van der Waals surface area (Å²) in [7, 11) is 1.53. The van der Waals surface area contributed by atoms with Gasteiger partial charge in [0.15, 0.2) is 0 Å². The molecule has 32 heavy (non-hydrogen) atoms. The first kappa shape index (κ1) is 23.9. The molecule has 0 fully saturated rings. The Labute approximate surface area is 198 Å². The van der Waals surface area contributed by atoms with E-state index in [0.29, 0.717) is 33.9 Å². The Bertz CT molecular complexity index is 1110. The maximum Gasteiger partial charge on any atom is 0.322 e. The number of carbonyl (C=O) groups is 2. The first-order valence-electron chi connectivity index (χ1n) is 9.37. The summed E-state index contributed by atoms with van der Waals surface area (Å²) in [6, 6.07) is 10.2. The van der Waals surface area contributed by atoms with Crippen LogP contribution in [0.3, 0.4) is 0 Å². The monoisotopic (exact) mass is 496 g/mol. The number of methoxy groups -OCH3 is 1. The van der Waals surface area contributed by atoms with E-state index in [2.05, 4.69) is 15.6 Å². The maximum atomic E-state index is 13.8. The fourth-order valence-corrected chi connectivity index (χ4v) is 3.72. The molecular weight excluding hydrogens is 478 g/mol. The van der Waals surface area contributed by atoms with Crippen LogP contribution in [-0.2, 0) is 11.3 Å². The summed E-state index contributed by atoms with van der Waals surface area (Å²) in [4.78, 5) is 31.0. The molecule has 1 aromatic heterocycles. The molecule has 0 bridgehead atoms. The second kappa shape index (κ2) is 11.2. The van der Waals surface area contributed by atoms with E-state index in [9.17, 15) is 14.0 Å². The lowest BCUT2D eigenvalue weighted by molar-refractivity contribution is 0.102. The third-order valence-electron chi connectivity index (χ3n) is 4.26. The van der Waals surface area contributed by atoms with Gasteiger partial charge in [0.1, 0.15) is 16.5 Å². The van der Waals surface area contributed by atoms with Crippen LogP contribution in [0, 0.1) is 5.82 Å². The molecule has 168 valence electrons. The molecule has 0 unspecified atom stereocenters. The van der Waals surface area contributed by atoms with Gasteiger partial charge in [0.25, 0.3) is 5.91 Å². The van der Waals surface area contributed by atoms with Crippen LogP contribution in [0.25, 0.3) is 0 Å². The highest BCUT2D eigenvalue weighted by atomic mass is 35.5. The van der Waals surface area contributed by atoms with E-state index in [1.54, 1.807) is 29.6 Å². The number of carbonyl (C=O) groups excluding carboxylic acids is 2. The van der Waals surface area contributed by atoms with Crippen LogP contribution >= 0.6 is 34.5 Å². The molecule has 3 rings (SSSR count). The number of aromatic nitrogens is 1. The zero-order chi connectivity index (χ0) is 23.1. The number of hydrogen-bond acceptors (Lipinski definition) is 5. The van der Waals surface area contributed by atoms with Gasteiger partial charge >= 0.3 is 6.03 Å². The molecule has 0 aliphatic heterocycles. The summed E-state index contributed by atoms with van der Waals surface area (Å²) in [5.41, 5.74) is 0.676. The number of amides is 3. The largest absolute Gasteiger partial charge is 0.383 e. The number of anilines is 2. The number of urea groups is 1. The molecule has 0 saturated heterocycles. The van der Waals surface area contributed by atoms with Crippen molar-refractivity contribution >= 4 is 57.9 Å². The standard InChI is InChI=1S/C21H19Cl2FN4O3S/c1-31-9-8-28(21(30)25-13-6-7-14(22)15(23)10-13)11-19-26-18(12-32-19)20(29)27-17-5-3-2-4-16(17)24/h2-7,10,12H,8-9,11H2,1H3,(H,25,30)(H,27,29). The van der Waals surface area contributed by atoms with Gasteiger partial charge in [-0.15, -0.1) is 11.3 Å². The van der Waals surface area contributed by atoms with Gasteiger partial charge < -0.3 is 20.3 Å². The molecule has 3 amide bonds. The Hall–Kier alpha value is -2.72. The van der Waals surface area contributed by atoms with Crippen LogP contribution in [-0.4, -0.2) is 42.1 Å². The van der Waals surface area contributed by atoms with E-state index >= 15 is 0 Å². The zero-order valence-electron chi connectivity index (χ0n) is 16.9. The van der Waals surface area contributed by atoms with Crippen LogP contribution < -0.4 is 10.6 Å². The third-order valence-corrected chi connectivity index (χ3v) is 5.83. The van der Waals surface area contributed by atoms with Crippen LogP contribution in [0.4, 0.5) is 20.6 Å². The van der Waals surface area contributed by atoms with Gasteiger partial charge in [-0.2, -0.15) is 0 Å². The molecule has 11 heteroatoms. The topological polar surface area (TPSA) is 83.6 Å². The van der Waals surface area contributed by atoms with Crippen molar-refractivity contribution in [2.24, 2.45) is 0 Å². The zero-order valence-corrected chi connectivity index (χ0v) is 19.2. The Kier molecular flexibility index (Phi) is 8.40. The van der Waals surface area contributed by atoms with Crippen LogP contribution in [0.1, 0.15) is 15.5 Å². The molecular formula is C21H19Cl2FN4O3S. The summed E-state index contributed by atoms with van der Waals surface area (Å²) >= 11 is 13.1. The minimum absolute atomic E-state index is 0.0646. The third kappa shape index (κ3) is 6.39. The van der Waals surface area contributed by atoms with Gasteiger partial charge in [0, 0.05) is 24.7 Å². The van der Waals surface area contributed by atoms with Crippen LogP contribution in [0.15, 0.2) is 47.8 Å². The van der Waals surface area contributed by atoms with Crippen molar-refractivity contribution in [1.82, 2.24) is 9.88 Å². The number of thiazole rings is 1. The van der Waals surface area contributed by atoms with Gasteiger partial charge in [0.2, 0.25) is 0 Å². The summed E-state index contributed by atoms with van der Waals surface area (Å²) in [6.07, 6.45) is 0. The number of hydrogen-bond donors (Lipinski definition) is 2. The Morgan fingerprint density at radius 3 is 2.66 bits per heavy atom. The molecule has 1 heterocycles. The van der Waals surface area contributed by atoms with Crippen molar-refractivity contribution in [2.75, 3.05) is 30.9 Å². The molecule has 0 saturated carbocycles. The molecule has 0 aliphatic rings. The van der Waals surface area contributed by atoms with Gasteiger partial charge in [-0.1, -0.05) is 35.3 Å². The lowest BCUT2D eigenvalue weighted by atomic mass is 10.3. The molecule has 0 radical (unpaired) electrons. The fourth-order valence-electron chi connectivity index (χ4n) is 2.63. The predicted octanol–water partition coefficient (Wildman–Crippen LogP) is 5.52. The minimum Gasteiger partial charge on any atom is -0.383 e. The van der Waals surface area contributed by atoms with Gasteiger partial charge in [-0.25, -0.2) is 14.2 Å². The average molecular weight is 497 g/mol. The lowest BCUT2D eigenvalue weighted by Gasteiger charge is -2.22. The number of benzene rings is 2. The molecule has 0 aliphatic carbocycles. The van der Waals surface area contributed by atoms with E-state index in [0.717, 1.165) is 0 Å². The number of nitrogens with zero attached hydrogens (tertiary/aromatic N) is 2. The summed E-state index contributed by atoms with van der Waals surface area (Å²) in [6.45, 7) is 0.745. The number of halogens is 3. The Morgan fingerprint density at radius 2 is 1.94 bits per heavy atom. The highest BCUT2D eigenvalue weighted by Gasteiger charge is 2.18. The van der Waals surface area contributed by atoms with Gasteiger partial charge in [0.05, 0.1) is 28.9 Å². The Balaban J connectivity index is 1.68. The van der Waals surface area contributed by atoms with Crippen molar-refractivity contribution in [3.05, 3.63) is 74.4 Å². The number of nitrogens with one attached hydrogen (secondary N) is 2. The molecule has 0 spiro atoms. The van der Waals surface area contributed by atoms with Crippen molar-refractivity contribution < 1.29 is 18.7 Å². The highest BCUT2D eigenvalue weighted by molar-refractivity contribution is 7.09. The van der Waals surface area contributed by atoms with Crippen molar-refractivity contribution in [3.63, 3.8) is 0 Å². The summed E-state index contributed by atoms with van der Waals surface area (Å²) < 4.78 is 18.9. The molecule has 2 aromatic carbocycles. The van der Waals surface area contributed by atoms with E-state index in [-0.39, 0.29) is 17.9 Å². The molecule has 2 N–H and O–H groups in total. The molecule has 3 aromatic rings.